The van der Waals surface area contributed by atoms with Crippen LogP contribution in [0.5, 0.6) is 0 Å². The van der Waals surface area contributed by atoms with Crippen LogP contribution < -0.4 is 15.8 Å². The van der Waals surface area contributed by atoms with E-state index in [0.29, 0.717) is 36.8 Å². The molecule has 0 unspecified atom stereocenters. The van der Waals surface area contributed by atoms with Gasteiger partial charge in [0.25, 0.3) is 0 Å². The second-order valence-electron chi connectivity index (χ2n) is 8.87. The lowest BCUT2D eigenvalue weighted by Crippen LogP contribution is -2.39. The number of guanidine groups is 1. The minimum atomic E-state index is -3.74. The molecule has 0 amide bonds. The monoisotopic (exact) mass is 481 g/mol. The van der Waals surface area contributed by atoms with E-state index in [4.69, 9.17) is 22.2 Å². The zero-order valence-electron chi connectivity index (χ0n) is 18.3. The van der Waals surface area contributed by atoms with Gasteiger partial charge < -0.3 is 15.8 Å². The molecule has 1 aromatic heterocycles. The van der Waals surface area contributed by atoms with Crippen LogP contribution in [-0.4, -0.2) is 37.0 Å². The van der Waals surface area contributed by atoms with Crippen LogP contribution in [0.15, 0.2) is 40.0 Å². The first-order valence-electron chi connectivity index (χ1n) is 10.3. The van der Waals surface area contributed by atoms with E-state index >= 15 is 0 Å². The van der Waals surface area contributed by atoms with Crippen molar-refractivity contribution in [2.45, 2.75) is 63.0 Å². The molecule has 1 fully saturated rings. The number of nitrogens with two attached hydrogens (primary N) is 1. The third kappa shape index (κ3) is 6.08. The number of benzene rings is 1. The largest absolute Gasteiger partial charge is 0.460 e. The first-order valence-corrected chi connectivity index (χ1v) is 12.1. The summed E-state index contributed by atoms with van der Waals surface area (Å²) in [7, 11) is -3.74. The van der Waals surface area contributed by atoms with Crippen molar-refractivity contribution in [3.8, 4) is 0 Å². The summed E-state index contributed by atoms with van der Waals surface area (Å²) in [6.07, 6.45) is 5.43. The Hall–Kier alpha value is -2.43. The van der Waals surface area contributed by atoms with Gasteiger partial charge in [0, 0.05) is 34.8 Å². The van der Waals surface area contributed by atoms with Crippen LogP contribution in [0.2, 0.25) is 0 Å². The molecule has 1 heterocycles. The summed E-state index contributed by atoms with van der Waals surface area (Å²) in [5.74, 6) is -0.414. The maximum absolute atomic E-state index is 13.0. The van der Waals surface area contributed by atoms with Gasteiger partial charge in [-0.2, -0.15) is 0 Å². The fourth-order valence-electron chi connectivity index (χ4n) is 3.70. The van der Waals surface area contributed by atoms with Crippen molar-refractivity contribution in [1.82, 2.24) is 9.71 Å². The maximum atomic E-state index is 13.0. The van der Waals surface area contributed by atoms with Crippen molar-refractivity contribution in [2.24, 2.45) is 16.2 Å². The SMILES string of the molecule is CC(C)(C)OC(=O)C1CCC(NS(=O)(=O)c2ccc3c(NC(N)=NCl)cncc3c2)CC1. The Balaban J connectivity index is 1.69. The van der Waals surface area contributed by atoms with E-state index in [0.717, 1.165) is 5.39 Å². The van der Waals surface area contributed by atoms with Gasteiger partial charge >= 0.3 is 5.97 Å². The highest BCUT2D eigenvalue weighted by atomic mass is 35.5. The molecule has 3 rings (SSSR count). The van der Waals surface area contributed by atoms with E-state index in [1.54, 1.807) is 24.5 Å². The number of sulfonamides is 1. The van der Waals surface area contributed by atoms with Crippen molar-refractivity contribution in [2.75, 3.05) is 5.32 Å². The number of carbonyl (C=O) groups is 1. The van der Waals surface area contributed by atoms with Crippen molar-refractivity contribution in [3.05, 3.63) is 30.6 Å². The Kier molecular flexibility index (Phi) is 7.26. The van der Waals surface area contributed by atoms with E-state index in [2.05, 4.69) is 19.5 Å². The Morgan fingerprint density at radius 3 is 2.53 bits per heavy atom. The maximum Gasteiger partial charge on any atom is 0.309 e. The van der Waals surface area contributed by atoms with E-state index in [1.807, 2.05) is 20.8 Å². The number of nitrogens with one attached hydrogen (secondary N) is 2. The van der Waals surface area contributed by atoms with Crippen LogP contribution in [0.3, 0.4) is 0 Å². The average Bonchev–Trinajstić information content (AvgIpc) is 2.72. The number of fused-ring (bicyclic) bond motifs is 1. The van der Waals surface area contributed by atoms with Crippen LogP contribution in [0.25, 0.3) is 10.8 Å². The van der Waals surface area contributed by atoms with Crippen LogP contribution in [0.1, 0.15) is 46.5 Å². The third-order valence-corrected chi connectivity index (χ3v) is 6.88. The molecule has 0 bridgehead atoms. The van der Waals surface area contributed by atoms with Crippen LogP contribution in [0, 0.1) is 5.92 Å². The summed E-state index contributed by atoms with van der Waals surface area (Å²) in [6.45, 7) is 5.51. The standard InChI is InChI=1S/C21H28ClN5O4S/c1-21(2,3)31-19(28)13-4-6-15(7-5-13)27-32(29,30)16-8-9-17-14(10-16)11-24-12-18(17)25-20(23)26-22/h8-13,15,27H,4-7H2,1-3H3,(H3,23,25,26). The van der Waals surface area contributed by atoms with E-state index in [1.165, 1.54) is 6.07 Å². The van der Waals surface area contributed by atoms with Crippen LogP contribution in [0.4, 0.5) is 5.69 Å². The lowest BCUT2D eigenvalue weighted by Gasteiger charge is -2.30. The van der Waals surface area contributed by atoms with Gasteiger partial charge in [-0.1, -0.05) is 6.07 Å². The van der Waals surface area contributed by atoms with Crippen LogP contribution >= 0.6 is 11.8 Å². The summed E-state index contributed by atoms with van der Waals surface area (Å²) in [6, 6.07) is 4.52. The summed E-state index contributed by atoms with van der Waals surface area (Å²) < 4.78 is 37.5. The molecule has 0 spiro atoms. The van der Waals surface area contributed by atoms with Gasteiger partial charge in [-0.05, 0) is 58.6 Å². The Morgan fingerprint density at radius 1 is 1.22 bits per heavy atom. The molecule has 4 N–H and O–H groups in total. The summed E-state index contributed by atoms with van der Waals surface area (Å²) in [4.78, 5) is 16.5. The molecule has 0 atom stereocenters. The number of pyridine rings is 1. The van der Waals surface area contributed by atoms with E-state index in [9.17, 15) is 13.2 Å². The zero-order chi connectivity index (χ0) is 23.5. The van der Waals surface area contributed by atoms with Crippen molar-refractivity contribution < 1.29 is 17.9 Å². The van der Waals surface area contributed by atoms with Crippen molar-refractivity contribution in [1.29, 1.82) is 0 Å². The predicted octanol–water partition coefficient (Wildman–Crippen LogP) is 3.29. The molecule has 1 aliphatic carbocycles. The number of rotatable bonds is 5. The number of hydrogen-bond donors (Lipinski definition) is 3. The van der Waals surface area contributed by atoms with E-state index < -0.39 is 15.6 Å². The highest BCUT2D eigenvalue weighted by Gasteiger charge is 2.31. The summed E-state index contributed by atoms with van der Waals surface area (Å²) >= 11 is 5.35. The summed E-state index contributed by atoms with van der Waals surface area (Å²) in [5, 5.41) is 4.16. The topological polar surface area (TPSA) is 136 Å². The molecule has 1 aliphatic rings. The first kappa shape index (κ1) is 24.2. The van der Waals surface area contributed by atoms with Crippen molar-refractivity contribution in [3.63, 3.8) is 0 Å². The number of ether oxygens (including phenoxy) is 1. The number of esters is 1. The number of anilines is 1. The molecule has 1 aromatic carbocycles. The zero-order valence-corrected chi connectivity index (χ0v) is 19.8. The van der Waals surface area contributed by atoms with Gasteiger partial charge in [0.1, 0.15) is 5.60 Å². The lowest BCUT2D eigenvalue weighted by atomic mass is 9.86. The minimum absolute atomic E-state index is 0.00122. The molecule has 174 valence electrons. The average molecular weight is 482 g/mol. The van der Waals surface area contributed by atoms with Gasteiger partial charge in [-0.15, -0.1) is 4.51 Å². The highest BCUT2D eigenvalue weighted by Crippen LogP contribution is 2.29. The molecule has 9 nitrogen and oxygen atoms in total. The number of nitrogens with zero attached hydrogens (tertiary/aromatic N) is 2. The van der Waals surface area contributed by atoms with Gasteiger partial charge in [0.15, 0.2) is 0 Å². The molecule has 2 aromatic rings. The van der Waals surface area contributed by atoms with Gasteiger partial charge in [0.2, 0.25) is 16.0 Å². The molecule has 32 heavy (non-hydrogen) atoms. The number of carbonyl (C=O) groups excluding carboxylic acids is 1. The Morgan fingerprint density at radius 2 is 1.91 bits per heavy atom. The molecular formula is C21H28ClN5O4S. The summed E-state index contributed by atoms with van der Waals surface area (Å²) in [5.41, 5.74) is 5.63. The van der Waals surface area contributed by atoms with E-state index in [-0.39, 0.29) is 28.8 Å². The smallest absolute Gasteiger partial charge is 0.309 e. The first-order chi connectivity index (χ1) is 15.0. The molecule has 1 saturated carbocycles. The highest BCUT2D eigenvalue weighted by molar-refractivity contribution is 7.89. The predicted molar refractivity (Wildman–Crippen MR) is 125 cm³/mol. The van der Waals surface area contributed by atoms with Gasteiger partial charge in [0.05, 0.1) is 22.7 Å². The second-order valence-corrected chi connectivity index (χ2v) is 10.8. The fourth-order valence-corrected chi connectivity index (χ4v) is 5.08. The Labute approximate surface area is 192 Å². The van der Waals surface area contributed by atoms with Crippen molar-refractivity contribution >= 4 is 50.2 Å². The van der Waals surface area contributed by atoms with Crippen LogP contribution in [-0.2, 0) is 19.6 Å². The molecule has 0 saturated heterocycles. The third-order valence-electron chi connectivity index (χ3n) is 5.18. The number of hydrogen-bond acceptors (Lipinski definition) is 6. The lowest BCUT2D eigenvalue weighted by molar-refractivity contribution is -0.161. The quantitative estimate of drug-likeness (QED) is 0.338. The normalized spacial score (nSPS) is 20.2. The molecular weight excluding hydrogens is 454 g/mol. The number of aromatic nitrogens is 1. The number of halogens is 1. The molecule has 0 radical (unpaired) electrons. The molecule has 0 aliphatic heterocycles. The minimum Gasteiger partial charge on any atom is -0.460 e. The Bertz CT molecular complexity index is 1120. The van der Waals surface area contributed by atoms with Gasteiger partial charge in [-0.25, -0.2) is 13.1 Å². The molecule has 11 heteroatoms. The second kappa shape index (κ2) is 9.60. The van der Waals surface area contributed by atoms with Gasteiger partial charge in [-0.3, -0.25) is 9.78 Å². The fraction of sp³-hybridized carbons (Fsp3) is 0.476.